The summed E-state index contributed by atoms with van der Waals surface area (Å²) in [5.74, 6) is -0.337. The topological polar surface area (TPSA) is 69.7 Å². The van der Waals surface area contributed by atoms with Crippen molar-refractivity contribution in [3.8, 4) is 0 Å². The number of aryl methyl sites for hydroxylation is 1. The first-order valence-corrected chi connectivity index (χ1v) is 13.1. The molecule has 2 aromatic rings. The Hall–Kier alpha value is -2.09. The molecule has 8 heteroatoms. The number of hydrogen-bond donors (Lipinski definition) is 1. The van der Waals surface area contributed by atoms with Gasteiger partial charge < -0.3 is 10.2 Å². The lowest BCUT2D eigenvalue weighted by molar-refractivity contribution is 0.102. The molecule has 0 unspecified atom stereocenters. The second-order valence-corrected chi connectivity index (χ2v) is 11.0. The number of rotatable bonds is 5. The van der Waals surface area contributed by atoms with Crippen LogP contribution in [0.5, 0.6) is 0 Å². The highest BCUT2D eigenvalue weighted by atomic mass is 35.5. The number of carbonyl (C=O) groups is 1. The van der Waals surface area contributed by atoms with Crippen LogP contribution in [-0.4, -0.2) is 44.8 Å². The fourth-order valence-electron chi connectivity index (χ4n) is 4.46. The van der Waals surface area contributed by atoms with Crippen LogP contribution in [0.4, 0.5) is 11.4 Å². The summed E-state index contributed by atoms with van der Waals surface area (Å²) in [5, 5.41) is 3.49. The summed E-state index contributed by atoms with van der Waals surface area (Å²) in [7, 11) is -3.69. The average molecular weight is 476 g/mol. The molecule has 0 aliphatic carbocycles. The lowest BCUT2D eigenvalue weighted by Gasteiger charge is -2.33. The number of benzene rings is 2. The van der Waals surface area contributed by atoms with Crippen molar-refractivity contribution in [2.75, 3.05) is 36.4 Å². The zero-order valence-corrected chi connectivity index (χ0v) is 20.0. The Labute approximate surface area is 195 Å². The fourth-order valence-corrected chi connectivity index (χ4v) is 6.45. The zero-order chi connectivity index (χ0) is 22.7. The number of hydrogen-bond acceptors (Lipinski definition) is 4. The van der Waals surface area contributed by atoms with Gasteiger partial charge in [0.1, 0.15) is 4.90 Å². The van der Waals surface area contributed by atoms with Crippen molar-refractivity contribution in [2.24, 2.45) is 0 Å². The van der Waals surface area contributed by atoms with Crippen molar-refractivity contribution >= 4 is 38.9 Å². The van der Waals surface area contributed by atoms with Gasteiger partial charge in [0.15, 0.2) is 0 Å². The highest BCUT2D eigenvalue weighted by Crippen LogP contribution is 2.32. The quantitative estimate of drug-likeness (QED) is 0.655. The minimum absolute atomic E-state index is 0.238. The summed E-state index contributed by atoms with van der Waals surface area (Å²) in [6, 6.07) is 10.3. The standard InChI is InChI=1S/C24H30ClN3O3S/c1-18-16-20(25)9-10-21(18)26-24(29)19-8-11-22(27-12-4-2-5-13-27)23(17-19)32(30,31)28-14-6-3-7-15-28/h8-11,16-17H,2-7,12-15H2,1H3,(H,26,29). The summed E-state index contributed by atoms with van der Waals surface area (Å²) in [6.07, 6.45) is 6.03. The molecule has 2 aliphatic rings. The van der Waals surface area contributed by atoms with Crippen molar-refractivity contribution in [3.05, 3.63) is 52.5 Å². The van der Waals surface area contributed by atoms with Gasteiger partial charge in [0.05, 0.1) is 5.69 Å². The number of sulfonamides is 1. The third-order valence-electron chi connectivity index (χ3n) is 6.29. The summed E-state index contributed by atoms with van der Waals surface area (Å²) in [5.41, 5.74) is 2.53. The van der Waals surface area contributed by atoms with Gasteiger partial charge in [0.25, 0.3) is 5.91 Å². The largest absolute Gasteiger partial charge is 0.370 e. The van der Waals surface area contributed by atoms with E-state index in [1.807, 2.05) is 6.92 Å². The lowest BCUT2D eigenvalue weighted by atomic mass is 10.1. The molecule has 0 radical (unpaired) electrons. The maximum Gasteiger partial charge on any atom is 0.255 e. The molecular weight excluding hydrogens is 446 g/mol. The van der Waals surface area contributed by atoms with Crippen LogP contribution in [-0.2, 0) is 10.0 Å². The maximum atomic E-state index is 13.6. The van der Waals surface area contributed by atoms with Crippen LogP contribution in [0.15, 0.2) is 41.3 Å². The molecule has 2 aliphatic heterocycles. The molecular formula is C24H30ClN3O3S. The van der Waals surface area contributed by atoms with E-state index in [9.17, 15) is 13.2 Å². The number of anilines is 2. The minimum atomic E-state index is -3.69. The van der Waals surface area contributed by atoms with Gasteiger partial charge in [-0.15, -0.1) is 0 Å². The molecule has 4 rings (SSSR count). The van der Waals surface area contributed by atoms with Gasteiger partial charge in [0, 0.05) is 42.5 Å². The predicted octanol–water partition coefficient (Wildman–Crippen LogP) is 5.07. The Morgan fingerprint density at radius 3 is 2.22 bits per heavy atom. The summed E-state index contributed by atoms with van der Waals surface area (Å²) < 4.78 is 28.8. The second-order valence-electron chi connectivity index (χ2n) is 8.61. The van der Waals surface area contributed by atoms with E-state index in [0.717, 1.165) is 57.2 Å². The molecule has 2 heterocycles. The van der Waals surface area contributed by atoms with E-state index in [0.29, 0.717) is 35.1 Å². The molecule has 6 nitrogen and oxygen atoms in total. The molecule has 0 spiro atoms. The van der Waals surface area contributed by atoms with Crippen LogP contribution in [0.3, 0.4) is 0 Å². The first-order chi connectivity index (χ1) is 15.4. The summed E-state index contributed by atoms with van der Waals surface area (Å²) >= 11 is 6.02. The second kappa shape index (κ2) is 9.81. The monoisotopic (exact) mass is 475 g/mol. The van der Waals surface area contributed by atoms with Crippen molar-refractivity contribution in [1.29, 1.82) is 0 Å². The first-order valence-electron chi connectivity index (χ1n) is 11.3. The minimum Gasteiger partial charge on any atom is -0.370 e. The number of halogens is 1. The Morgan fingerprint density at radius 2 is 1.56 bits per heavy atom. The molecule has 0 aromatic heterocycles. The first kappa shape index (κ1) is 23.1. The Kier molecular flexibility index (Phi) is 7.08. The van der Waals surface area contributed by atoms with E-state index in [2.05, 4.69) is 10.2 Å². The number of amides is 1. The van der Waals surface area contributed by atoms with Gasteiger partial charge in [0.2, 0.25) is 10.0 Å². The molecule has 2 saturated heterocycles. The Morgan fingerprint density at radius 1 is 0.906 bits per heavy atom. The molecule has 0 atom stereocenters. The van der Waals surface area contributed by atoms with Gasteiger partial charge in [-0.3, -0.25) is 4.79 Å². The van der Waals surface area contributed by atoms with Crippen LogP contribution in [0.1, 0.15) is 54.4 Å². The lowest BCUT2D eigenvalue weighted by Crippen LogP contribution is -2.37. The molecule has 0 saturated carbocycles. The van der Waals surface area contributed by atoms with Crippen molar-refractivity contribution < 1.29 is 13.2 Å². The summed E-state index contributed by atoms with van der Waals surface area (Å²) in [4.78, 5) is 15.4. The van der Waals surface area contributed by atoms with Crippen molar-refractivity contribution in [1.82, 2.24) is 4.31 Å². The number of carbonyl (C=O) groups excluding carboxylic acids is 1. The van der Waals surface area contributed by atoms with Crippen LogP contribution in [0.25, 0.3) is 0 Å². The molecule has 32 heavy (non-hydrogen) atoms. The molecule has 2 aromatic carbocycles. The third-order valence-corrected chi connectivity index (χ3v) is 8.45. The normalized spacial score (nSPS) is 17.9. The fraction of sp³-hybridized carbons (Fsp3) is 0.458. The predicted molar refractivity (Wildman–Crippen MR) is 129 cm³/mol. The van der Waals surface area contributed by atoms with E-state index in [-0.39, 0.29) is 10.8 Å². The van der Waals surface area contributed by atoms with Crippen molar-refractivity contribution in [3.63, 3.8) is 0 Å². The van der Waals surface area contributed by atoms with E-state index >= 15 is 0 Å². The summed E-state index contributed by atoms with van der Waals surface area (Å²) in [6.45, 7) is 4.59. The van der Waals surface area contributed by atoms with Crippen LogP contribution in [0, 0.1) is 6.92 Å². The molecule has 1 amide bonds. The number of nitrogens with zero attached hydrogens (tertiary/aromatic N) is 2. The van der Waals surface area contributed by atoms with Gasteiger partial charge in [-0.05, 0) is 81.0 Å². The van der Waals surface area contributed by atoms with Crippen molar-refractivity contribution in [2.45, 2.75) is 50.3 Å². The van der Waals surface area contributed by atoms with E-state index in [4.69, 9.17) is 11.6 Å². The third kappa shape index (κ3) is 4.95. The van der Waals surface area contributed by atoms with Gasteiger partial charge in [-0.25, -0.2) is 8.42 Å². The maximum absolute atomic E-state index is 13.6. The average Bonchev–Trinajstić information content (AvgIpc) is 2.81. The Balaban J connectivity index is 1.70. The van der Waals surface area contributed by atoms with Gasteiger partial charge >= 0.3 is 0 Å². The van der Waals surface area contributed by atoms with Gasteiger partial charge in [-0.1, -0.05) is 18.0 Å². The van der Waals surface area contributed by atoms with Gasteiger partial charge in [-0.2, -0.15) is 4.31 Å². The van der Waals surface area contributed by atoms with Crippen LogP contribution < -0.4 is 10.2 Å². The highest BCUT2D eigenvalue weighted by Gasteiger charge is 2.31. The molecule has 2 fully saturated rings. The van der Waals surface area contributed by atoms with E-state index in [1.165, 1.54) is 0 Å². The Bertz CT molecular complexity index is 1090. The smallest absolute Gasteiger partial charge is 0.255 e. The zero-order valence-electron chi connectivity index (χ0n) is 18.4. The molecule has 0 bridgehead atoms. The highest BCUT2D eigenvalue weighted by molar-refractivity contribution is 7.89. The number of nitrogens with one attached hydrogen (secondary N) is 1. The molecule has 1 N–H and O–H groups in total. The SMILES string of the molecule is Cc1cc(Cl)ccc1NC(=O)c1ccc(N2CCCCC2)c(S(=O)(=O)N2CCCCC2)c1. The van der Waals surface area contributed by atoms with E-state index in [1.54, 1.807) is 40.7 Å². The number of piperidine rings is 2. The van der Waals surface area contributed by atoms with Crippen LogP contribution >= 0.6 is 11.6 Å². The van der Waals surface area contributed by atoms with Crippen LogP contribution in [0.2, 0.25) is 5.02 Å². The van der Waals surface area contributed by atoms with E-state index < -0.39 is 10.0 Å². The molecule has 172 valence electrons.